The average Bonchev–Trinajstić information content (AvgIpc) is 2.81. The first-order valence-corrected chi connectivity index (χ1v) is 12.2. The molecule has 0 amide bonds. The van der Waals surface area contributed by atoms with Gasteiger partial charge in [-0.1, -0.05) is 23.9 Å². The molecule has 2 aliphatic heterocycles. The van der Waals surface area contributed by atoms with Crippen LogP contribution in [-0.4, -0.2) is 66.0 Å². The van der Waals surface area contributed by atoms with E-state index in [-0.39, 0.29) is 12.7 Å². The number of nitrogens with zero attached hydrogens (tertiary/aromatic N) is 1. The van der Waals surface area contributed by atoms with Crippen molar-refractivity contribution in [2.75, 3.05) is 31.1 Å². The predicted molar refractivity (Wildman–Crippen MR) is 123 cm³/mol. The maximum absolute atomic E-state index is 13.3. The van der Waals surface area contributed by atoms with Gasteiger partial charge < -0.3 is 30.3 Å². The van der Waals surface area contributed by atoms with Crippen LogP contribution in [0.1, 0.15) is 24.8 Å². The van der Waals surface area contributed by atoms with Crippen LogP contribution in [0.25, 0.3) is 0 Å². The summed E-state index contributed by atoms with van der Waals surface area (Å²) in [5.41, 5.74) is 0.810. The highest BCUT2D eigenvalue weighted by Gasteiger charge is 2.36. The van der Waals surface area contributed by atoms with E-state index in [2.05, 4.69) is 5.32 Å². The highest BCUT2D eigenvalue weighted by Crippen LogP contribution is 2.49. The maximum Gasteiger partial charge on any atom is 0.416 e. The molecule has 2 heterocycles. The summed E-state index contributed by atoms with van der Waals surface area (Å²) < 4.78 is 45.6. The summed E-state index contributed by atoms with van der Waals surface area (Å²) in [7, 11) is 0. The molecule has 2 aliphatic rings. The second-order valence-corrected chi connectivity index (χ2v) is 9.65. The fourth-order valence-electron chi connectivity index (χ4n) is 4.37. The molecule has 4 atom stereocenters. The Morgan fingerprint density at radius 3 is 2.59 bits per heavy atom. The molecule has 6 nitrogen and oxygen atoms in total. The van der Waals surface area contributed by atoms with Gasteiger partial charge >= 0.3 is 6.18 Å². The lowest BCUT2D eigenvalue weighted by Gasteiger charge is -2.36. The molecule has 4 rings (SSSR count). The summed E-state index contributed by atoms with van der Waals surface area (Å²) in [6.07, 6.45) is -5.82. The van der Waals surface area contributed by atoms with Crippen LogP contribution >= 0.6 is 11.8 Å². The lowest BCUT2D eigenvalue weighted by atomic mass is 9.96. The van der Waals surface area contributed by atoms with Gasteiger partial charge in [0.2, 0.25) is 0 Å². The van der Waals surface area contributed by atoms with Gasteiger partial charge in [-0.15, -0.1) is 0 Å². The number of nitrogens with one attached hydrogen (secondary N) is 1. The van der Waals surface area contributed by atoms with Gasteiger partial charge in [0, 0.05) is 22.8 Å². The van der Waals surface area contributed by atoms with Crippen molar-refractivity contribution in [1.29, 1.82) is 0 Å². The number of aliphatic hydroxyl groups excluding tert-OH is 3. The van der Waals surface area contributed by atoms with Crippen molar-refractivity contribution in [3.63, 3.8) is 0 Å². The Labute approximate surface area is 200 Å². The number of halogens is 3. The molecule has 0 spiro atoms. The number of ether oxygens (including phenoxy) is 1. The molecule has 0 aromatic heterocycles. The van der Waals surface area contributed by atoms with Crippen LogP contribution in [0.4, 0.5) is 24.5 Å². The van der Waals surface area contributed by atoms with Crippen LogP contribution in [0.3, 0.4) is 0 Å². The molecule has 2 unspecified atom stereocenters. The van der Waals surface area contributed by atoms with Gasteiger partial charge in [-0.2, -0.15) is 13.2 Å². The zero-order valence-corrected chi connectivity index (χ0v) is 19.4. The quantitative estimate of drug-likeness (QED) is 0.414. The van der Waals surface area contributed by atoms with Gasteiger partial charge in [0.15, 0.2) is 0 Å². The molecule has 10 heteroatoms. The first-order valence-electron chi connectivity index (χ1n) is 11.4. The lowest BCUT2D eigenvalue weighted by Crippen LogP contribution is -2.50. The van der Waals surface area contributed by atoms with Gasteiger partial charge in [-0.25, -0.2) is 0 Å². The summed E-state index contributed by atoms with van der Waals surface area (Å²) in [6.45, 7) is 1.47. The minimum atomic E-state index is -4.40. The van der Waals surface area contributed by atoms with Crippen LogP contribution in [0.2, 0.25) is 0 Å². The van der Waals surface area contributed by atoms with E-state index in [1.165, 1.54) is 17.8 Å². The van der Waals surface area contributed by atoms with Crippen molar-refractivity contribution in [2.24, 2.45) is 0 Å². The Bertz CT molecular complexity index is 977. The van der Waals surface area contributed by atoms with E-state index in [4.69, 9.17) is 4.74 Å². The maximum atomic E-state index is 13.3. The summed E-state index contributed by atoms with van der Waals surface area (Å²) in [6, 6.07) is 11.6. The van der Waals surface area contributed by atoms with Gasteiger partial charge in [0.25, 0.3) is 0 Å². The molecule has 2 aromatic carbocycles. The number of benzene rings is 2. The molecule has 0 bridgehead atoms. The minimum Gasteiger partial charge on any atom is -0.394 e. The normalized spacial score (nSPS) is 24.6. The van der Waals surface area contributed by atoms with Crippen molar-refractivity contribution in [3.8, 4) is 0 Å². The number of fused-ring (bicyclic) bond motifs is 2. The first kappa shape index (κ1) is 25.3. The summed E-state index contributed by atoms with van der Waals surface area (Å²) in [4.78, 5) is 3.76. The Morgan fingerprint density at radius 1 is 1.06 bits per heavy atom. The molecule has 1 fully saturated rings. The third-order valence-electron chi connectivity index (χ3n) is 6.16. The number of hydrogen-bond donors (Lipinski definition) is 4. The molecule has 0 aliphatic carbocycles. The summed E-state index contributed by atoms with van der Waals surface area (Å²) in [5.74, 6) is 0. The van der Waals surface area contributed by atoms with Gasteiger partial charge in [-0.05, 0) is 56.3 Å². The standard InChI is InChI=1S/C24H29F3N2O4S/c25-24(26,27)15-6-7-22-18(12-15)29(17-4-1-2-5-21(17)34-22)11-3-9-28-10-8-16-13-19(31)23(32)20(14-30)33-16/h1-2,4-7,12,16,19-20,23,28,30-32H,3,8-11,13-14H2/t16-,19?,20?,23+/m1/s1. The van der Waals surface area contributed by atoms with E-state index in [0.29, 0.717) is 44.6 Å². The molecule has 0 saturated carbocycles. The van der Waals surface area contributed by atoms with E-state index in [1.807, 2.05) is 29.2 Å². The van der Waals surface area contributed by atoms with Crippen LogP contribution in [0.15, 0.2) is 52.3 Å². The highest BCUT2D eigenvalue weighted by molar-refractivity contribution is 7.99. The molecule has 1 saturated heterocycles. The largest absolute Gasteiger partial charge is 0.416 e. The van der Waals surface area contributed by atoms with Crippen molar-refractivity contribution < 1.29 is 33.2 Å². The molecule has 2 aromatic rings. The average molecular weight is 499 g/mol. The highest BCUT2D eigenvalue weighted by atomic mass is 32.2. The van der Waals surface area contributed by atoms with E-state index < -0.39 is 30.1 Å². The van der Waals surface area contributed by atoms with Crippen LogP contribution < -0.4 is 10.2 Å². The topological polar surface area (TPSA) is 85.2 Å². The van der Waals surface area contributed by atoms with Crippen molar-refractivity contribution >= 4 is 23.1 Å². The molecular formula is C24H29F3N2O4S. The Morgan fingerprint density at radius 2 is 1.82 bits per heavy atom. The second kappa shape index (κ2) is 10.8. The van der Waals surface area contributed by atoms with Crippen LogP contribution in [0.5, 0.6) is 0 Å². The summed E-state index contributed by atoms with van der Waals surface area (Å²) >= 11 is 1.48. The third-order valence-corrected chi connectivity index (χ3v) is 7.29. The number of aliphatic hydroxyl groups is 3. The molecule has 0 radical (unpaired) electrons. The number of hydrogen-bond acceptors (Lipinski definition) is 7. The summed E-state index contributed by atoms with van der Waals surface area (Å²) in [5, 5.41) is 32.3. The molecular weight excluding hydrogens is 469 g/mol. The number of rotatable bonds is 8. The van der Waals surface area contributed by atoms with Crippen molar-refractivity contribution in [2.45, 2.75) is 59.6 Å². The smallest absolute Gasteiger partial charge is 0.394 e. The minimum absolute atomic E-state index is 0.262. The molecule has 4 N–H and O–H groups in total. The zero-order valence-electron chi connectivity index (χ0n) is 18.5. The van der Waals surface area contributed by atoms with Crippen molar-refractivity contribution in [3.05, 3.63) is 48.0 Å². The van der Waals surface area contributed by atoms with Crippen LogP contribution in [0, 0.1) is 0 Å². The number of anilines is 2. The van der Waals surface area contributed by atoms with E-state index in [0.717, 1.165) is 21.5 Å². The Hall–Kier alpha value is -1.82. The molecule has 186 valence electrons. The number of alkyl halides is 3. The van der Waals surface area contributed by atoms with Crippen LogP contribution in [-0.2, 0) is 10.9 Å². The van der Waals surface area contributed by atoms with Gasteiger partial charge in [0.05, 0.1) is 35.8 Å². The van der Waals surface area contributed by atoms with E-state index >= 15 is 0 Å². The van der Waals surface area contributed by atoms with Gasteiger partial charge in [0.1, 0.15) is 12.2 Å². The fourth-order valence-corrected chi connectivity index (χ4v) is 5.45. The predicted octanol–water partition coefficient (Wildman–Crippen LogP) is 3.55. The van der Waals surface area contributed by atoms with E-state index in [9.17, 15) is 28.5 Å². The zero-order chi connectivity index (χ0) is 24.3. The lowest BCUT2D eigenvalue weighted by molar-refractivity contribution is -0.180. The van der Waals surface area contributed by atoms with Crippen molar-refractivity contribution in [1.82, 2.24) is 5.32 Å². The third kappa shape index (κ3) is 5.69. The number of para-hydroxylation sites is 1. The molecule has 34 heavy (non-hydrogen) atoms. The SMILES string of the molecule is OCC1O[C@H](CCNCCCN2c3ccccc3Sc3ccc(C(F)(F)F)cc32)CC(O)[C@@H]1O. The second-order valence-electron chi connectivity index (χ2n) is 8.57. The Kier molecular flexibility index (Phi) is 8.06. The first-order chi connectivity index (χ1) is 16.3. The Balaban J connectivity index is 1.33. The monoisotopic (exact) mass is 498 g/mol. The van der Waals surface area contributed by atoms with E-state index in [1.54, 1.807) is 6.07 Å². The van der Waals surface area contributed by atoms with Gasteiger partial charge in [-0.3, -0.25) is 0 Å². The fraction of sp³-hybridized carbons (Fsp3) is 0.500.